The highest BCUT2D eigenvalue weighted by molar-refractivity contribution is 7.91. The number of carboxylic acids is 1. The van der Waals surface area contributed by atoms with Gasteiger partial charge in [-0.25, -0.2) is 25.2 Å². The summed E-state index contributed by atoms with van der Waals surface area (Å²) in [7, 11) is -8.08. The third kappa shape index (κ3) is 3.91. The van der Waals surface area contributed by atoms with Crippen molar-refractivity contribution in [2.75, 3.05) is 0 Å². The van der Waals surface area contributed by atoms with Crippen LogP contribution in [0.5, 0.6) is 0 Å². The van der Waals surface area contributed by atoms with Crippen LogP contribution in [0.4, 0.5) is 4.39 Å². The van der Waals surface area contributed by atoms with Crippen LogP contribution >= 0.6 is 0 Å². The minimum atomic E-state index is -4.24. The topological polar surface area (TPSA) is 111 Å². The van der Waals surface area contributed by atoms with Crippen LogP contribution in [0.25, 0.3) is 10.9 Å². The van der Waals surface area contributed by atoms with Gasteiger partial charge in [0.1, 0.15) is 5.82 Å². The average Bonchev–Trinajstić information content (AvgIpc) is 3.05. The van der Waals surface area contributed by atoms with Gasteiger partial charge in [-0.2, -0.15) is 0 Å². The van der Waals surface area contributed by atoms with E-state index in [0.29, 0.717) is 0 Å². The van der Waals surface area contributed by atoms with Gasteiger partial charge in [0.2, 0.25) is 9.84 Å². The average molecular weight is 488 g/mol. The summed E-state index contributed by atoms with van der Waals surface area (Å²) in [5, 5.41) is 9.42. The number of carbonyl (C=O) groups is 1. The number of benzene rings is 3. The van der Waals surface area contributed by atoms with E-state index in [9.17, 15) is 31.1 Å². The van der Waals surface area contributed by atoms with Crippen molar-refractivity contribution in [1.82, 2.24) is 3.97 Å². The van der Waals surface area contributed by atoms with Crippen molar-refractivity contribution in [3.05, 3.63) is 89.9 Å². The molecule has 10 heteroatoms. The van der Waals surface area contributed by atoms with Crippen LogP contribution in [0.15, 0.2) is 87.5 Å². The smallest absolute Gasteiger partial charge is 0.307 e. The molecule has 4 aromatic rings. The number of aromatic nitrogens is 1. The zero-order chi connectivity index (χ0) is 24.0. The molecule has 0 amide bonds. The molecule has 1 N–H and O–H groups in total. The molecule has 4 rings (SSSR count). The third-order valence-electron chi connectivity index (χ3n) is 5.30. The van der Waals surface area contributed by atoms with E-state index in [1.165, 1.54) is 49.4 Å². The number of sulfone groups is 1. The summed E-state index contributed by atoms with van der Waals surface area (Å²) in [5.41, 5.74) is 0.453. The number of nitrogens with zero attached hydrogens (tertiary/aromatic N) is 1. The predicted molar refractivity (Wildman–Crippen MR) is 119 cm³/mol. The molecule has 3 aromatic carbocycles. The summed E-state index contributed by atoms with van der Waals surface area (Å²) < 4.78 is 67.3. The summed E-state index contributed by atoms with van der Waals surface area (Å²) in [4.78, 5) is 11.1. The van der Waals surface area contributed by atoms with Crippen molar-refractivity contribution in [2.45, 2.75) is 28.0 Å². The Morgan fingerprint density at radius 2 is 1.45 bits per heavy atom. The fourth-order valence-corrected chi connectivity index (χ4v) is 6.60. The summed E-state index contributed by atoms with van der Waals surface area (Å²) >= 11 is 0. The first-order valence-electron chi connectivity index (χ1n) is 9.70. The molecule has 0 fully saturated rings. The molecular formula is C23H18FNO6S2. The largest absolute Gasteiger partial charge is 0.481 e. The molecule has 0 unspecified atom stereocenters. The van der Waals surface area contributed by atoms with E-state index in [4.69, 9.17) is 0 Å². The van der Waals surface area contributed by atoms with Crippen molar-refractivity contribution in [1.29, 1.82) is 0 Å². The lowest BCUT2D eigenvalue weighted by Gasteiger charge is -2.11. The molecule has 0 spiro atoms. The second-order valence-electron chi connectivity index (χ2n) is 7.35. The predicted octanol–water partition coefficient (Wildman–Crippen LogP) is 3.79. The number of hydrogen-bond acceptors (Lipinski definition) is 5. The first-order valence-corrected chi connectivity index (χ1v) is 12.6. The monoisotopic (exact) mass is 487 g/mol. The molecule has 0 aliphatic rings. The van der Waals surface area contributed by atoms with Gasteiger partial charge in [-0.3, -0.25) is 4.79 Å². The maximum Gasteiger partial charge on any atom is 0.307 e. The summed E-state index contributed by atoms with van der Waals surface area (Å²) in [5.74, 6) is -1.81. The lowest BCUT2D eigenvalue weighted by molar-refractivity contribution is -0.136. The molecule has 7 nitrogen and oxygen atoms in total. The van der Waals surface area contributed by atoms with Crippen molar-refractivity contribution in [3.8, 4) is 0 Å². The van der Waals surface area contributed by atoms with E-state index in [1.54, 1.807) is 18.2 Å². The number of carboxylic acid groups (broad SMARTS) is 1. The Morgan fingerprint density at radius 1 is 0.879 bits per heavy atom. The van der Waals surface area contributed by atoms with Crippen LogP contribution in [0.3, 0.4) is 0 Å². The quantitative estimate of drug-likeness (QED) is 0.443. The number of hydrogen-bond donors (Lipinski definition) is 1. The SMILES string of the molecule is Cc1c(CC(=O)O)c2cc(F)ccc2n1S(=O)(=O)c1ccc(S(=O)(=O)c2ccccc2)cc1. The Labute approximate surface area is 189 Å². The standard InChI is InChI=1S/C23H18FNO6S2/c1-15-20(14-23(26)27)21-13-16(24)7-12-22(21)25(15)33(30,31)19-10-8-18(9-11-19)32(28,29)17-5-3-2-4-6-17/h2-13H,14H2,1H3,(H,26,27). The summed E-state index contributed by atoms with van der Waals surface area (Å²) in [6, 6.07) is 16.0. The van der Waals surface area contributed by atoms with Gasteiger partial charge in [0.15, 0.2) is 0 Å². The molecule has 170 valence electrons. The molecule has 0 aliphatic carbocycles. The molecule has 0 saturated heterocycles. The molecule has 0 aliphatic heterocycles. The van der Waals surface area contributed by atoms with Gasteiger partial charge in [0.05, 0.1) is 26.6 Å². The normalized spacial score (nSPS) is 12.2. The molecule has 0 radical (unpaired) electrons. The van der Waals surface area contributed by atoms with Crippen molar-refractivity contribution < 1.29 is 31.1 Å². The Hall–Kier alpha value is -3.50. The molecule has 33 heavy (non-hydrogen) atoms. The zero-order valence-corrected chi connectivity index (χ0v) is 18.9. The Morgan fingerprint density at radius 3 is 2.06 bits per heavy atom. The van der Waals surface area contributed by atoms with Crippen LogP contribution < -0.4 is 0 Å². The first kappa shape index (κ1) is 22.7. The summed E-state index contributed by atoms with van der Waals surface area (Å²) in [6.07, 6.45) is -0.484. The highest BCUT2D eigenvalue weighted by atomic mass is 32.2. The fourth-order valence-electron chi connectivity index (χ4n) is 3.74. The van der Waals surface area contributed by atoms with Crippen molar-refractivity contribution >= 4 is 36.7 Å². The Kier molecular flexibility index (Phi) is 5.59. The minimum Gasteiger partial charge on any atom is -0.481 e. The zero-order valence-electron chi connectivity index (χ0n) is 17.3. The van der Waals surface area contributed by atoms with Crippen LogP contribution in [0.1, 0.15) is 11.3 Å². The molecule has 1 aromatic heterocycles. The van der Waals surface area contributed by atoms with E-state index in [1.807, 2.05) is 0 Å². The van der Waals surface area contributed by atoms with Crippen molar-refractivity contribution in [3.63, 3.8) is 0 Å². The van der Waals surface area contributed by atoms with Crippen molar-refractivity contribution in [2.24, 2.45) is 0 Å². The fraction of sp³-hybridized carbons (Fsp3) is 0.0870. The molecule has 0 bridgehead atoms. The lowest BCUT2D eigenvalue weighted by atomic mass is 10.1. The van der Waals surface area contributed by atoms with Crippen LogP contribution in [-0.2, 0) is 31.1 Å². The molecular weight excluding hydrogens is 469 g/mol. The highest BCUT2D eigenvalue weighted by Gasteiger charge is 2.27. The van der Waals surface area contributed by atoms with Gasteiger partial charge in [-0.1, -0.05) is 18.2 Å². The number of aliphatic carboxylic acids is 1. The van der Waals surface area contributed by atoms with Crippen LogP contribution in [0.2, 0.25) is 0 Å². The second-order valence-corrected chi connectivity index (χ2v) is 11.1. The summed E-state index contributed by atoms with van der Waals surface area (Å²) in [6.45, 7) is 1.45. The number of halogens is 1. The molecule has 0 atom stereocenters. The molecule has 0 saturated carbocycles. The van der Waals surface area contributed by atoms with Crippen LogP contribution in [-0.4, -0.2) is 31.9 Å². The molecule has 1 heterocycles. The van der Waals surface area contributed by atoms with Gasteiger partial charge in [0, 0.05) is 11.1 Å². The Bertz CT molecular complexity index is 1590. The number of fused-ring (bicyclic) bond motifs is 1. The minimum absolute atomic E-state index is 0.0737. The first-order chi connectivity index (χ1) is 15.5. The van der Waals surface area contributed by atoms with E-state index in [0.717, 1.165) is 16.1 Å². The maximum absolute atomic E-state index is 13.8. The van der Waals surface area contributed by atoms with E-state index < -0.39 is 38.1 Å². The van der Waals surface area contributed by atoms with Gasteiger partial charge in [-0.15, -0.1) is 0 Å². The number of rotatable bonds is 6. The van der Waals surface area contributed by atoms with Gasteiger partial charge < -0.3 is 5.11 Å². The maximum atomic E-state index is 13.8. The van der Waals surface area contributed by atoms with Gasteiger partial charge >= 0.3 is 5.97 Å². The second kappa shape index (κ2) is 8.13. The lowest BCUT2D eigenvalue weighted by Crippen LogP contribution is -2.15. The Balaban J connectivity index is 1.84. The van der Waals surface area contributed by atoms with Crippen LogP contribution in [0, 0.1) is 12.7 Å². The van der Waals surface area contributed by atoms with E-state index in [2.05, 4.69) is 0 Å². The van der Waals surface area contributed by atoms with Gasteiger partial charge in [0.25, 0.3) is 10.0 Å². The van der Waals surface area contributed by atoms with E-state index >= 15 is 0 Å². The van der Waals surface area contributed by atoms with Gasteiger partial charge in [-0.05, 0) is 67.1 Å². The third-order valence-corrected chi connectivity index (χ3v) is 8.90. The van der Waals surface area contributed by atoms with E-state index in [-0.39, 0.29) is 36.8 Å². The highest BCUT2D eigenvalue weighted by Crippen LogP contribution is 2.31.